The van der Waals surface area contributed by atoms with Crippen LogP contribution >= 0.6 is 0 Å². The Kier molecular flexibility index (Phi) is 12.5. The Morgan fingerprint density at radius 2 is 1.65 bits per heavy atom. The summed E-state index contributed by atoms with van der Waals surface area (Å²) in [6, 6.07) is 13.8. The number of benzene rings is 2. The molecule has 5 aliphatic heterocycles. The summed E-state index contributed by atoms with van der Waals surface area (Å²) in [7, 11) is 3.51. The summed E-state index contributed by atoms with van der Waals surface area (Å²) in [5.74, 6) is -1.25. The van der Waals surface area contributed by atoms with Crippen LogP contribution in [0.3, 0.4) is 0 Å². The van der Waals surface area contributed by atoms with Gasteiger partial charge in [-0.25, -0.2) is 13.8 Å². The Labute approximate surface area is 417 Å². The Balaban J connectivity index is 0.665. The van der Waals surface area contributed by atoms with Crippen molar-refractivity contribution in [3.05, 3.63) is 123 Å². The number of nitrogens with one attached hydrogen (secondary N) is 2. The van der Waals surface area contributed by atoms with E-state index in [0.717, 1.165) is 98.4 Å². The van der Waals surface area contributed by atoms with Gasteiger partial charge in [0.2, 0.25) is 17.7 Å². The van der Waals surface area contributed by atoms with Crippen LogP contribution in [0.15, 0.2) is 71.8 Å². The topological polar surface area (TPSA) is 148 Å². The molecule has 2 N–H and O–H groups in total. The van der Waals surface area contributed by atoms with Crippen LogP contribution < -0.4 is 21.1 Å². The molecule has 15 nitrogen and oxygen atoms in total. The van der Waals surface area contributed by atoms with Gasteiger partial charge >= 0.3 is 0 Å². The molecule has 376 valence electrons. The van der Waals surface area contributed by atoms with Gasteiger partial charge in [-0.3, -0.25) is 48.6 Å². The highest BCUT2D eigenvalue weighted by Crippen LogP contribution is 2.58. The van der Waals surface area contributed by atoms with E-state index in [1.165, 1.54) is 28.5 Å². The highest BCUT2D eigenvalue weighted by Gasteiger charge is 2.61. The number of amides is 4. The number of piperidine rings is 2. The SMILES string of the molecule is CNc1cc(=O)n(-c2ccnc3c2cc([C@H](C)N2CC=C(c4c(C)cc(C(=O)N5CCC(CN6CCN(Cc7ccc8c(c7)C7(CC7)C(=O)N8[C@H]7CCC(=O)NC7=O)CC6)CC5)cc4F)CC2)n3C)cc1F. The first-order chi connectivity index (χ1) is 34.7. The molecule has 3 saturated heterocycles. The molecule has 17 heteroatoms. The molecule has 11 rings (SSSR count). The van der Waals surface area contributed by atoms with E-state index in [-0.39, 0.29) is 47.2 Å². The van der Waals surface area contributed by atoms with Crippen molar-refractivity contribution in [1.82, 2.24) is 39.0 Å². The molecule has 3 aromatic heterocycles. The first-order valence-corrected chi connectivity index (χ1v) is 25.5. The van der Waals surface area contributed by atoms with Crippen LogP contribution in [0.4, 0.5) is 20.2 Å². The second-order valence-electron chi connectivity index (χ2n) is 20.9. The lowest BCUT2D eigenvalue weighted by atomic mass is 9.92. The van der Waals surface area contributed by atoms with E-state index in [9.17, 15) is 28.4 Å². The Morgan fingerprint density at radius 3 is 2.35 bits per heavy atom. The van der Waals surface area contributed by atoms with Gasteiger partial charge < -0.3 is 19.7 Å². The van der Waals surface area contributed by atoms with Crippen LogP contribution in [-0.2, 0) is 33.4 Å². The van der Waals surface area contributed by atoms with Crippen LogP contribution in [0.5, 0.6) is 0 Å². The van der Waals surface area contributed by atoms with E-state index >= 15 is 4.39 Å². The maximum absolute atomic E-state index is 16.1. The van der Waals surface area contributed by atoms with Crippen molar-refractivity contribution in [2.75, 3.05) is 76.2 Å². The zero-order chi connectivity index (χ0) is 50.2. The number of carbonyl (C=O) groups excluding carboxylic acids is 4. The summed E-state index contributed by atoms with van der Waals surface area (Å²) >= 11 is 0. The minimum Gasteiger partial charge on any atom is -0.386 e. The first kappa shape index (κ1) is 47.7. The number of pyridine rings is 2. The fourth-order valence-electron chi connectivity index (χ4n) is 12.3. The lowest BCUT2D eigenvalue weighted by molar-refractivity contribution is -0.135. The van der Waals surface area contributed by atoms with Crippen molar-refractivity contribution < 1.29 is 28.0 Å². The number of piperazine rings is 1. The van der Waals surface area contributed by atoms with Gasteiger partial charge in [0.05, 0.1) is 23.0 Å². The van der Waals surface area contributed by atoms with E-state index in [2.05, 4.69) is 55.4 Å². The smallest absolute Gasteiger partial charge is 0.257 e. The van der Waals surface area contributed by atoms with Gasteiger partial charge in [-0.15, -0.1) is 0 Å². The van der Waals surface area contributed by atoms with Gasteiger partial charge in [0.15, 0.2) is 5.82 Å². The van der Waals surface area contributed by atoms with Crippen LogP contribution in [0.2, 0.25) is 0 Å². The molecule has 2 atom stereocenters. The molecule has 1 aliphatic carbocycles. The standard InChI is InChI=1S/C55H62F2N10O5/c1-33-25-38(27-41(56)50(33)37-12-19-64(20-13-37)34(2)47-28-39-44(9-16-59-51(39)61(47)4)66-32-42(57)43(58-3)29-49(66)69)53(71)65-17-10-35(11-18-65)30-62-21-23-63(24-22-62)31-36-5-6-45-40(26-36)55(14-15-55)54(72)67(45)46-7-8-48(68)60-52(46)70/h5-6,9,12,16,25-29,32,34-35,46,58H,7-8,10-11,13-15,17-24,30-31H2,1-4H3,(H,60,68,70)/t34-,46-/m0/s1. The number of hydrogen-bond donors (Lipinski definition) is 2. The summed E-state index contributed by atoms with van der Waals surface area (Å²) in [4.78, 5) is 80.6. The first-order valence-electron chi connectivity index (χ1n) is 25.5. The number of hydrogen-bond acceptors (Lipinski definition) is 10. The van der Waals surface area contributed by atoms with Gasteiger partial charge in [0.1, 0.15) is 17.5 Å². The molecule has 6 aliphatic rings. The molecule has 8 heterocycles. The number of nitrogens with zero attached hydrogens (tertiary/aromatic N) is 8. The summed E-state index contributed by atoms with van der Waals surface area (Å²) in [6.45, 7) is 12.1. The molecule has 1 spiro atoms. The number of rotatable bonds is 11. The van der Waals surface area contributed by atoms with Crippen LogP contribution in [0, 0.1) is 24.5 Å². The van der Waals surface area contributed by atoms with E-state index in [1.54, 1.807) is 24.2 Å². The van der Waals surface area contributed by atoms with Gasteiger partial charge in [-0.1, -0.05) is 18.2 Å². The van der Waals surface area contributed by atoms with Crippen LogP contribution in [0.25, 0.3) is 22.3 Å². The minimum atomic E-state index is -0.649. The lowest BCUT2D eigenvalue weighted by Gasteiger charge is -2.39. The van der Waals surface area contributed by atoms with Gasteiger partial charge in [-0.2, -0.15) is 0 Å². The average molecular weight is 981 g/mol. The molecule has 4 amide bonds. The monoisotopic (exact) mass is 980 g/mol. The number of aryl methyl sites for hydroxylation is 2. The third-order valence-corrected chi connectivity index (χ3v) is 16.6. The van der Waals surface area contributed by atoms with Crippen molar-refractivity contribution >= 4 is 51.6 Å². The second-order valence-corrected chi connectivity index (χ2v) is 20.9. The Hall–Kier alpha value is -6.56. The van der Waals surface area contributed by atoms with Crippen molar-refractivity contribution in [2.45, 2.75) is 82.8 Å². The molecule has 2 aromatic carbocycles. The van der Waals surface area contributed by atoms with Gasteiger partial charge in [-0.05, 0) is 111 Å². The maximum atomic E-state index is 16.1. The Morgan fingerprint density at radius 1 is 0.889 bits per heavy atom. The predicted octanol–water partition coefficient (Wildman–Crippen LogP) is 6.06. The highest BCUT2D eigenvalue weighted by atomic mass is 19.1. The van der Waals surface area contributed by atoms with Crippen molar-refractivity contribution in [2.24, 2.45) is 13.0 Å². The Bertz CT molecular complexity index is 3100. The van der Waals surface area contributed by atoms with Crippen molar-refractivity contribution in [3.63, 3.8) is 0 Å². The largest absolute Gasteiger partial charge is 0.386 e. The molecule has 4 fully saturated rings. The number of fused-ring (bicyclic) bond motifs is 3. The van der Waals surface area contributed by atoms with Gasteiger partial charge in [0, 0.05) is 132 Å². The number of aromatic nitrogens is 3. The second kappa shape index (κ2) is 18.8. The fraction of sp³-hybridized carbons (Fsp3) is 0.455. The molecular formula is C55H62F2N10O5. The van der Waals surface area contributed by atoms with E-state index < -0.39 is 23.2 Å². The van der Waals surface area contributed by atoms with Crippen LogP contribution in [-0.4, -0.2) is 129 Å². The summed E-state index contributed by atoms with van der Waals surface area (Å²) in [5.41, 5.74) is 7.07. The van der Waals surface area contributed by atoms with Gasteiger partial charge in [0.25, 0.3) is 11.5 Å². The molecule has 0 unspecified atom stereocenters. The lowest BCUT2D eigenvalue weighted by Crippen LogP contribution is -2.54. The highest BCUT2D eigenvalue weighted by molar-refractivity contribution is 6.15. The zero-order valence-electron chi connectivity index (χ0n) is 41.5. The summed E-state index contributed by atoms with van der Waals surface area (Å²) in [5, 5.41) is 5.87. The molecule has 0 radical (unpaired) electrons. The molecule has 5 aromatic rings. The molecule has 72 heavy (non-hydrogen) atoms. The minimum absolute atomic E-state index is 0.00964. The number of likely N-dealkylation sites (tertiary alicyclic amines) is 1. The third-order valence-electron chi connectivity index (χ3n) is 16.6. The molecule has 1 saturated carbocycles. The maximum Gasteiger partial charge on any atom is 0.257 e. The third kappa shape index (κ3) is 8.51. The quantitative estimate of drug-likeness (QED) is 0.150. The molecular weight excluding hydrogens is 919 g/mol. The van der Waals surface area contributed by atoms with E-state index in [0.29, 0.717) is 67.4 Å². The predicted molar refractivity (Wildman–Crippen MR) is 271 cm³/mol. The number of carbonyl (C=O) groups is 4. The van der Waals surface area contributed by atoms with Crippen molar-refractivity contribution in [3.8, 4) is 5.69 Å². The van der Waals surface area contributed by atoms with E-state index in [1.807, 2.05) is 41.6 Å². The summed E-state index contributed by atoms with van der Waals surface area (Å²) in [6.07, 6.45) is 9.49. The van der Waals surface area contributed by atoms with Crippen LogP contribution in [0.1, 0.15) is 96.2 Å². The number of imide groups is 1. The number of halogens is 2. The normalized spacial score (nSPS) is 21.3. The van der Waals surface area contributed by atoms with Crippen molar-refractivity contribution in [1.29, 1.82) is 0 Å². The summed E-state index contributed by atoms with van der Waals surface area (Å²) < 4.78 is 34.2. The van der Waals surface area contributed by atoms with E-state index in [4.69, 9.17) is 0 Å². The molecule has 0 bridgehead atoms. The zero-order valence-corrected chi connectivity index (χ0v) is 41.5. The average Bonchev–Trinajstić information content (AvgIpc) is 4.07. The fourth-order valence-corrected chi connectivity index (χ4v) is 12.3. The number of anilines is 2.